The topological polar surface area (TPSA) is 1030 Å². The van der Waals surface area contributed by atoms with Gasteiger partial charge in [0.05, 0.1) is 0 Å². The molecule has 0 amide bonds. The van der Waals surface area contributed by atoms with Crippen molar-refractivity contribution in [3.63, 3.8) is 0 Å². The molecule has 0 atom stereocenters. The fourth-order valence-electron chi connectivity index (χ4n) is 0. The monoisotopic (exact) mass is 1180 g/mol. The second kappa shape index (κ2) is 1510. The third-order valence-corrected chi connectivity index (χ3v) is 0.750. The summed E-state index contributed by atoms with van der Waals surface area (Å²) in [5.41, 5.74) is 21.2. The molecule has 0 aromatic rings. The summed E-state index contributed by atoms with van der Waals surface area (Å²) < 4.78 is 0. The van der Waals surface area contributed by atoms with E-state index in [2.05, 4.69) is 34.4 Å². The van der Waals surface area contributed by atoms with Gasteiger partial charge in [-0.15, -0.1) is 0 Å². The fourth-order valence-corrected chi connectivity index (χ4v) is 0. The van der Waals surface area contributed by atoms with Crippen LogP contribution in [0.1, 0.15) is 0 Å². The van der Waals surface area contributed by atoms with Gasteiger partial charge >= 0.3 is 0 Å². The van der Waals surface area contributed by atoms with E-state index in [9.17, 15) is 0 Å². The zero-order valence-electron chi connectivity index (χ0n) is 25.4. The van der Waals surface area contributed by atoms with Gasteiger partial charge in [0.2, 0.25) is 0 Å². The van der Waals surface area contributed by atoms with Gasteiger partial charge in [0, 0.05) is 186 Å². The molecular formula is C6H34N6O30V10-50. The minimum atomic E-state index is 0. The molecule has 52 heavy (non-hydrogen) atoms. The maximum Gasteiger partial charge on any atom is 0.124 e. The van der Waals surface area contributed by atoms with Gasteiger partial charge in [-0.2, -0.15) is 0 Å². The molecule has 0 bridgehead atoms. The summed E-state index contributed by atoms with van der Waals surface area (Å²) in [7, 11) is 0. The van der Waals surface area contributed by atoms with Crippen molar-refractivity contribution in [2.45, 2.75) is 0 Å². The van der Waals surface area contributed by atoms with Crippen LogP contribution in [0.15, 0.2) is 0 Å². The van der Waals surface area contributed by atoms with E-state index in [1.807, 2.05) is 0 Å². The summed E-state index contributed by atoms with van der Waals surface area (Å²) in [6.45, 7) is 5.75. The Morgan fingerprint density at radius 1 is 0.135 bits per heavy atom. The van der Waals surface area contributed by atoms with Gasteiger partial charge in [0.15, 0.2) is 0 Å². The van der Waals surface area contributed by atoms with Crippen molar-refractivity contribution in [1.29, 1.82) is 0 Å². The van der Waals surface area contributed by atoms with E-state index in [1.54, 1.807) is 0 Å². The number of rotatable bonds is 3. The summed E-state index contributed by atoms with van der Waals surface area (Å²) >= 11 is 0. The fraction of sp³-hybridized carbons (Fsp3) is 1.00. The first-order chi connectivity index (χ1) is 5.74. The molecule has 0 saturated carbocycles. The van der Waals surface area contributed by atoms with Crippen molar-refractivity contribution in [2.24, 2.45) is 0 Å². The number of hydrogen-bond donors (Lipinski definition) is 6. The maximum absolute atomic E-state index is 3.54. The quantitative estimate of drug-likeness (QED) is 0.153. The van der Waals surface area contributed by atoms with Crippen LogP contribution in [-0.2, 0) is 339 Å². The molecule has 0 heterocycles. The smallest absolute Gasteiger partial charge is 0.124 e. The van der Waals surface area contributed by atoms with E-state index in [-0.39, 0.29) is 350 Å². The van der Waals surface area contributed by atoms with Crippen LogP contribution in [0.4, 0.5) is 0 Å². The zero-order chi connectivity index (χ0) is 10.2. The molecule has 36 nitrogen and oxygen atoms in total. The van der Waals surface area contributed by atoms with E-state index < -0.39 is 0 Å². The Kier molecular flexibility index (Phi) is 28100. The molecule has 0 aromatic heterocycles. The second-order valence-corrected chi connectivity index (χ2v) is 2.12. The van der Waals surface area contributed by atoms with Crippen LogP contribution >= 0.6 is 0 Å². The second-order valence-electron chi connectivity index (χ2n) is 2.12. The van der Waals surface area contributed by atoms with Crippen LogP contribution in [0.3, 0.4) is 0 Å². The molecule has 0 spiro atoms. The predicted octanol–water partition coefficient (Wildman–Crippen LogP) is -12.6. The summed E-state index contributed by atoms with van der Waals surface area (Å²) in [4.78, 5) is 0. The standard InChI is InChI=1S/3C2H8N2.2H2O.28O.10V/c3*3-1-2-4;;;;;;;;;;;;;;;;;;;;;;;;;;;;;;;;;;;;;;;;/h3*1-4H2;2*1H2;;;;;;;;;;;;;;;;;;;;;;;;;;;;;;;;;;;;;;/q;;;;;28*-2;;;;;;;;;;/p+6. The Morgan fingerprint density at radius 3 is 0.154 bits per heavy atom. The first kappa shape index (κ1) is 964. The van der Waals surface area contributed by atoms with Crippen molar-refractivity contribution in [3.8, 4) is 0 Å². The van der Waals surface area contributed by atoms with Gasteiger partial charge in [-0.05, 0) is 0 Å². The number of hydrogen-bond acceptors (Lipinski definition) is 0. The third-order valence-electron chi connectivity index (χ3n) is 0.750. The van der Waals surface area contributed by atoms with Gasteiger partial charge in [0.1, 0.15) is 39.3 Å². The molecular weight excluding hydrogens is 1150 g/mol. The van der Waals surface area contributed by atoms with Gasteiger partial charge < -0.3 is 199 Å². The van der Waals surface area contributed by atoms with Gasteiger partial charge in [0.25, 0.3) is 0 Å². The average Bonchev–Trinajstić information content (AvgIpc) is 2.18. The normalized spacial score (nSPS) is 1.73. The molecule has 46 heteroatoms. The average molecular weight is 1180 g/mol. The summed E-state index contributed by atoms with van der Waals surface area (Å²) in [6, 6.07) is 0. The van der Waals surface area contributed by atoms with Crippen molar-refractivity contribution in [1.82, 2.24) is 0 Å². The molecule has 0 aliphatic rings. The molecule has 0 unspecified atom stereocenters. The predicted molar refractivity (Wildman–Crippen MR) is 73.0 cm³/mol. The first-order valence-corrected chi connectivity index (χ1v) is 4.50. The molecule has 10 radical (unpaired) electrons. The van der Waals surface area contributed by atoms with Crippen LogP contribution in [0.2, 0.25) is 0 Å². The van der Waals surface area contributed by atoms with E-state index in [0.29, 0.717) is 0 Å². The molecule has 0 aliphatic heterocycles. The minimum Gasteiger partial charge on any atom is -2.00 e. The van der Waals surface area contributed by atoms with E-state index in [1.165, 1.54) is 0 Å². The Morgan fingerprint density at radius 2 is 0.154 bits per heavy atom. The van der Waals surface area contributed by atoms with Crippen molar-refractivity contribution < 1.29 is 384 Å². The van der Waals surface area contributed by atoms with Gasteiger partial charge in [-0.3, -0.25) is 0 Å². The summed E-state index contributed by atoms with van der Waals surface area (Å²) in [5.74, 6) is 0. The molecule has 368 valence electrons. The van der Waals surface area contributed by atoms with E-state index >= 15 is 0 Å². The summed E-state index contributed by atoms with van der Waals surface area (Å²) in [5, 5.41) is 0. The largest absolute Gasteiger partial charge is 2.00 e. The molecule has 0 aromatic carbocycles. The molecule has 22 N–H and O–H groups in total. The van der Waals surface area contributed by atoms with Gasteiger partial charge in [-0.25, -0.2) is 0 Å². The SMILES string of the molecule is O.O.[NH3+]CC[NH3+].[NH3+]CC[NH3+].[NH3+]CC[NH3+].[O-2].[O-2].[O-2].[O-2].[O-2].[O-2].[O-2].[O-2].[O-2].[O-2].[O-2].[O-2].[O-2].[O-2].[O-2].[O-2].[O-2].[O-2].[O-2].[O-2].[O-2].[O-2].[O-2].[O-2].[O-2].[O-2].[O-2].[O-2].[V].[V].[V].[V].[V].[V].[V].[V].[V].[V]. The number of quaternary nitrogens is 6. The van der Waals surface area contributed by atoms with Crippen LogP contribution in [0, 0.1) is 0 Å². The Hall–Kier alpha value is 4.40. The molecule has 0 rings (SSSR count). The molecule has 0 aliphatic carbocycles. The Bertz CT molecular complexity index is 100. The van der Waals surface area contributed by atoms with Gasteiger partial charge in [-0.1, -0.05) is 0 Å². The minimum absolute atomic E-state index is 0. The maximum atomic E-state index is 3.54. The van der Waals surface area contributed by atoms with Crippen LogP contribution in [-0.4, -0.2) is 50.2 Å². The first-order valence-electron chi connectivity index (χ1n) is 4.50. The zero-order valence-corrected chi connectivity index (χ0v) is 39.4. The van der Waals surface area contributed by atoms with Crippen LogP contribution in [0.25, 0.3) is 0 Å². The van der Waals surface area contributed by atoms with E-state index in [0.717, 1.165) is 39.3 Å². The van der Waals surface area contributed by atoms with Crippen molar-refractivity contribution in [2.75, 3.05) is 39.3 Å². The third kappa shape index (κ3) is 2830. The Balaban J connectivity index is -0.000000000412. The van der Waals surface area contributed by atoms with Crippen molar-refractivity contribution in [3.05, 3.63) is 0 Å². The van der Waals surface area contributed by atoms with E-state index in [4.69, 9.17) is 0 Å². The van der Waals surface area contributed by atoms with Crippen LogP contribution in [0.5, 0.6) is 0 Å². The van der Waals surface area contributed by atoms with Crippen LogP contribution < -0.4 is 34.4 Å². The summed E-state index contributed by atoms with van der Waals surface area (Å²) in [6.07, 6.45) is 0. The molecule has 0 fully saturated rings. The molecule has 0 saturated heterocycles. The Labute approximate surface area is 419 Å². The van der Waals surface area contributed by atoms with Crippen molar-refractivity contribution >= 4 is 0 Å².